The van der Waals surface area contributed by atoms with Gasteiger partial charge in [-0.15, -0.1) is 0 Å². The van der Waals surface area contributed by atoms with Crippen molar-refractivity contribution in [3.8, 4) is 5.75 Å². The minimum Gasteiger partial charge on any atom is -0.494 e. The molecule has 0 saturated heterocycles. The first-order valence-electron chi connectivity index (χ1n) is 5.85. The summed E-state index contributed by atoms with van der Waals surface area (Å²) in [6.07, 6.45) is 0. The van der Waals surface area contributed by atoms with E-state index in [1.54, 1.807) is 0 Å². The molecule has 0 radical (unpaired) electrons. The smallest absolute Gasteiger partial charge is 0.122 e. The second kappa shape index (κ2) is 7.25. The van der Waals surface area contributed by atoms with E-state index in [-0.39, 0.29) is 0 Å². The number of rotatable bonds is 7. The van der Waals surface area contributed by atoms with Crippen LogP contribution in [-0.4, -0.2) is 26.7 Å². The quantitative estimate of drug-likeness (QED) is 0.689. The van der Waals surface area contributed by atoms with Crippen LogP contribution in [0, 0.1) is 6.92 Å². The van der Waals surface area contributed by atoms with Crippen LogP contribution in [0.5, 0.6) is 5.75 Å². The van der Waals surface area contributed by atoms with Gasteiger partial charge in [0.2, 0.25) is 0 Å². The van der Waals surface area contributed by atoms with Gasteiger partial charge >= 0.3 is 0 Å². The Morgan fingerprint density at radius 2 is 2.06 bits per heavy atom. The fraction of sp³-hybridized carbons (Fsp3) is 0.538. The monoisotopic (exact) mass is 222 g/mol. The van der Waals surface area contributed by atoms with Crippen LogP contribution in [0.25, 0.3) is 0 Å². The SMILES string of the molecule is CCOc1ccc(CNCCNC)cc1C. The molecule has 3 nitrogen and oxygen atoms in total. The second-order valence-corrected chi connectivity index (χ2v) is 3.81. The molecule has 90 valence electrons. The third-order valence-corrected chi connectivity index (χ3v) is 2.42. The van der Waals surface area contributed by atoms with Crippen LogP contribution in [0.3, 0.4) is 0 Å². The van der Waals surface area contributed by atoms with Gasteiger partial charge in [-0.2, -0.15) is 0 Å². The molecule has 16 heavy (non-hydrogen) atoms. The van der Waals surface area contributed by atoms with E-state index in [0.717, 1.165) is 32.0 Å². The molecule has 1 aromatic rings. The van der Waals surface area contributed by atoms with Gasteiger partial charge in [0.1, 0.15) is 5.75 Å². The molecule has 0 fully saturated rings. The lowest BCUT2D eigenvalue weighted by atomic mass is 10.1. The molecule has 0 aliphatic rings. The summed E-state index contributed by atoms with van der Waals surface area (Å²) in [6.45, 7) is 7.71. The van der Waals surface area contributed by atoms with Gasteiger partial charge in [-0.25, -0.2) is 0 Å². The summed E-state index contributed by atoms with van der Waals surface area (Å²) >= 11 is 0. The van der Waals surface area contributed by atoms with Gasteiger partial charge in [0.15, 0.2) is 0 Å². The maximum atomic E-state index is 5.50. The molecule has 0 amide bonds. The van der Waals surface area contributed by atoms with Crippen molar-refractivity contribution in [2.75, 3.05) is 26.7 Å². The maximum Gasteiger partial charge on any atom is 0.122 e. The number of benzene rings is 1. The van der Waals surface area contributed by atoms with Crippen LogP contribution >= 0.6 is 0 Å². The van der Waals surface area contributed by atoms with Gasteiger partial charge in [-0.3, -0.25) is 0 Å². The molecule has 0 atom stereocenters. The summed E-state index contributed by atoms with van der Waals surface area (Å²) in [4.78, 5) is 0. The molecule has 0 spiro atoms. The van der Waals surface area contributed by atoms with E-state index in [0.29, 0.717) is 0 Å². The third kappa shape index (κ3) is 4.21. The topological polar surface area (TPSA) is 33.3 Å². The van der Waals surface area contributed by atoms with E-state index in [4.69, 9.17) is 4.74 Å². The summed E-state index contributed by atoms with van der Waals surface area (Å²) in [7, 11) is 1.96. The van der Waals surface area contributed by atoms with Crippen molar-refractivity contribution in [1.29, 1.82) is 0 Å². The fourth-order valence-electron chi connectivity index (χ4n) is 1.59. The highest BCUT2D eigenvalue weighted by Gasteiger charge is 2.00. The number of likely N-dealkylation sites (N-methyl/N-ethyl adjacent to an activating group) is 1. The molecule has 3 heteroatoms. The highest BCUT2D eigenvalue weighted by Crippen LogP contribution is 2.18. The first kappa shape index (κ1) is 13.0. The van der Waals surface area contributed by atoms with Crippen molar-refractivity contribution in [2.45, 2.75) is 20.4 Å². The minimum absolute atomic E-state index is 0.723. The molecule has 0 heterocycles. The van der Waals surface area contributed by atoms with E-state index in [2.05, 4.69) is 29.7 Å². The Bertz CT molecular complexity index is 313. The average molecular weight is 222 g/mol. The van der Waals surface area contributed by atoms with Crippen molar-refractivity contribution in [1.82, 2.24) is 10.6 Å². The maximum absolute atomic E-state index is 5.50. The fourth-order valence-corrected chi connectivity index (χ4v) is 1.59. The molecule has 0 aromatic heterocycles. The molecule has 1 rings (SSSR count). The number of aryl methyl sites for hydroxylation is 1. The largest absolute Gasteiger partial charge is 0.494 e. The molecular weight excluding hydrogens is 200 g/mol. The first-order valence-corrected chi connectivity index (χ1v) is 5.85. The average Bonchev–Trinajstić information content (AvgIpc) is 2.28. The molecule has 0 unspecified atom stereocenters. The van der Waals surface area contributed by atoms with Crippen LogP contribution in [-0.2, 0) is 6.54 Å². The molecule has 0 bridgehead atoms. The normalized spacial score (nSPS) is 10.4. The van der Waals surface area contributed by atoms with Gasteiger partial charge in [0, 0.05) is 19.6 Å². The zero-order valence-electron chi connectivity index (χ0n) is 10.5. The Labute approximate surface area is 98.2 Å². The summed E-state index contributed by atoms with van der Waals surface area (Å²) in [6, 6.07) is 6.34. The van der Waals surface area contributed by atoms with Crippen LogP contribution in [0.15, 0.2) is 18.2 Å². The second-order valence-electron chi connectivity index (χ2n) is 3.81. The van der Waals surface area contributed by atoms with E-state index in [9.17, 15) is 0 Å². The number of hydrogen-bond acceptors (Lipinski definition) is 3. The van der Waals surface area contributed by atoms with Gasteiger partial charge in [0.05, 0.1) is 6.61 Å². The zero-order valence-corrected chi connectivity index (χ0v) is 10.5. The highest BCUT2D eigenvalue weighted by atomic mass is 16.5. The number of nitrogens with one attached hydrogen (secondary N) is 2. The number of ether oxygens (including phenoxy) is 1. The summed E-state index contributed by atoms with van der Waals surface area (Å²) in [5, 5.41) is 6.49. The van der Waals surface area contributed by atoms with Gasteiger partial charge < -0.3 is 15.4 Å². The summed E-state index contributed by atoms with van der Waals surface area (Å²) in [5.41, 5.74) is 2.51. The Hall–Kier alpha value is -1.06. The van der Waals surface area contributed by atoms with Gasteiger partial charge in [-0.05, 0) is 38.1 Å². The van der Waals surface area contributed by atoms with Crippen molar-refractivity contribution in [3.63, 3.8) is 0 Å². The lowest BCUT2D eigenvalue weighted by Gasteiger charge is -2.09. The van der Waals surface area contributed by atoms with Crippen molar-refractivity contribution in [3.05, 3.63) is 29.3 Å². The van der Waals surface area contributed by atoms with Crippen LogP contribution in [0.4, 0.5) is 0 Å². The Morgan fingerprint density at radius 3 is 2.69 bits per heavy atom. The van der Waals surface area contributed by atoms with E-state index < -0.39 is 0 Å². The lowest BCUT2D eigenvalue weighted by molar-refractivity contribution is 0.338. The van der Waals surface area contributed by atoms with Crippen LogP contribution in [0.1, 0.15) is 18.1 Å². The predicted octanol–water partition coefficient (Wildman–Crippen LogP) is 1.70. The van der Waals surface area contributed by atoms with Gasteiger partial charge in [-0.1, -0.05) is 12.1 Å². The minimum atomic E-state index is 0.723. The van der Waals surface area contributed by atoms with Crippen LogP contribution < -0.4 is 15.4 Å². The Kier molecular flexibility index (Phi) is 5.90. The van der Waals surface area contributed by atoms with Crippen LogP contribution in [0.2, 0.25) is 0 Å². The van der Waals surface area contributed by atoms with Crippen molar-refractivity contribution >= 4 is 0 Å². The van der Waals surface area contributed by atoms with E-state index in [1.807, 2.05) is 20.0 Å². The molecular formula is C13H22N2O. The summed E-state index contributed by atoms with van der Waals surface area (Å²) in [5.74, 6) is 0.987. The summed E-state index contributed by atoms with van der Waals surface area (Å²) < 4.78 is 5.50. The zero-order chi connectivity index (χ0) is 11.8. The number of hydrogen-bond donors (Lipinski definition) is 2. The Balaban J connectivity index is 2.46. The standard InChI is InChI=1S/C13H22N2O/c1-4-16-13-6-5-12(9-11(13)2)10-15-8-7-14-3/h5-6,9,14-15H,4,7-8,10H2,1-3H3. The Morgan fingerprint density at radius 1 is 1.25 bits per heavy atom. The molecule has 1 aromatic carbocycles. The lowest BCUT2D eigenvalue weighted by Crippen LogP contribution is -2.24. The molecule has 0 aliphatic carbocycles. The molecule has 0 aliphatic heterocycles. The van der Waals surface area contributed by atoms with Crippen molar-refractivity contribution < 1.29 is 4.74 Å². The predicted molar refractivity (Wildman–Crippen MR) is 68.0 cm³/mol. The highest BCUT2D eigenvalue weighted by molar-refractivity contribution is 5.36. The molecule has 0 saturated carbocycles. The van der Waals surface area contributed by atoms with E-state index >= 15 is 0 Å². The van der Waals surface area contributed by atoms with E-state index in [1.165, 1.54) is 11.1 Å². The van der Waals surface area contributed by atoms with Crippen molar-refractivity contribution in [2.24, 2.45) is 0 Å². The first-order chi connectivity index (χ1) is 7.77. The third-order valence-electron chi connectivity index (χ3n) is 2.42. The van der Waals surface area contributed by atoms with Gasteiger partial charge in [0.25, 0.3) is 0 Å². The molecule has 2 N–H and O–H groups in total.